The summed E-state index contributed by atoms with van der Waals surface area (Å²) in [5.41, 5.74) is 0.300. The van der Waals surface area contributed by atoms with Gasteiger partial charge in [0.25, 0.3) is 22.9 Å². The number of aromatic nitrogens is 4. The van der Waals surface area contributed by atoms with Crippen LogP contribution in [-0.2, 0) is 146 Å². The molecule has 9 atom stereocenters. The number of aliphatic hydroxyl groups is 2. The highest BCUT2D eigenvalue weighted by molar-refractivity contribution is 8.00. The van der Waals surface area contributed by atoms with Gasteiger partial charge in [-0.2, -0.15) is 24.4 Å². The maximum atomic E-state index is 14.9. The Hall–Kier alpha value is -12.0. The molecule has 6 aromatic rings. The zero-order valence-electron chi connectivity index (χ0n) is 76.9. The number of nitrogens with zero attached hydrogens (tertiary/aromatic N) is 6. The Morgan fingerprint density at radius 3 is 1.30 bits per heavy atom. The van der Waals surface area contributed by atoms with E-state index in [1.165, 1.54) is 77.8 Å². The van der Waals surface area contributed by atoms with Crippen LogP contribution in [0.1, 0.15) is 215 Å². The predicted octanol–water partition coefficient (Wildman–Crippen LogP) is 6.58. The van der Waals surface area contributed by atoms with Gasteiger partial charge in [0.1, 0.15) is 63.1 Å². The number of aryl methyl sites for hydroxylation is 2. The number of benzene rings is 2. The fourth-order valence-electron chi connectivity index (χ4n) is 16.7. The molecule has 0 aliphatic carbocycles. The molecule has 2 aromatic carbocycles. The number of pyridine rings is 4. The number of cyclic esters (lactones) is 2. The lowest BCUT2D eigenvalue weighted by Crippen LogP contribution is -2.44. The van der Waals surface area contributed by atoms with Gasteiger partial charge in [-0.25, -0.2) is 28.3 Å². The molecule has 40 heteroatoms. The molecule has 135 heavy (non-hydrogen) atoms. The maximum absolute atomic E-state index is 14.9. The largest absolute Gasteiger partial charge is 0.458 e. The first-order chi connectivity index (χ1) is 63.6. The van der Waals surface area contributed by atoms with Crippen molar-refractivity contribution < 1.29 is 115 Å². The molecule has 6 aliphatic heterocycles. The average Bonchev–Trinajstić information content (AvgIpc) is 1.62. The Kier molecular flexibility index (Phi) is 37.1. The third-order valence-corrected chi connectivity index (χ3v) is 25.8. The Bertz CT molecular complexity index is 5840. The monoisotopic (exact) mass is 1910 g/mol. The SMILES string of the molecule is C.CC[C@@]1(O)C(=O)OCc2c1cc1n(c2=O)Cc2c-1nc1cc(F)c(C)cc1c2CNC(=O)COCNC(=O)[C@H](C)CC(=O)[C@H](C)NC(=O)[C@H](C)CC(=O)CCCCCN1C(=O)C=CC1=O.CC[C@@]1(O)C(=O)OCc2c1cc1n(c2=O)Cc2c-1nc1cc(F)c(C)cc1c2CNC(=O)COCNC(=O)[C@H](C)CC(=O)[C@H](C)NC(=O)[C@H](C)CC(=O)CCCCCN1C(=O)CC(SC)C1=O.CS. The summed E-state index contributed by atoms with van der Waals surface area (Å²) in [7, 11) is 0. The summed E-state index contributed by atoms with van der Waals surface area (Å²) >= 11 is 4.89. The maximum Gasteiger partial charge on any atom is 0.343 e. The summed E-state index contributed by atoms with van der Waals surface area (Å²) in [6.45, 7) is 13.9. The fourth-order valence-corrected chi connectivity index (χ4v) is 17.3. The quantitative estimate of drug-likeness (QED) is 0.00640. The number of thioether (sulfide) groups is 1. The smallest absolute Gasteiger partial charge is 0.343 e. The van der Waals surface area contributed by atoms with Gasteiger partial charge in [-0.05, 0) is 125 Å². The molecular weight excluding hydrogens is 1800 g/mol. The molecule has 0 bridgehead atoms. The number of likely N-dealkylation sites (tertiary alicyclic amines) is 1. The molecule has 1 saturated heterocycles. The van der Waals surface area contributed by atoms with Gasteiger partial charge in [-0.15, -0.1) is 0 Å². The van der Waals surface area contributed by atoms with E-state index in [4.69, 9.17) is 28.9 Å². The number of Topliss-reactive ketones (excluding diaryl/α,β-unsaturated/α-hetero) is 4. The molecule has 10 amide bonds. The predicted molar refractivity (Wildman–Crippen MR) is 493 cm³/mol. The number of ketones is 4. The first-order valence-electron chi connectivity index (χ1n) is 44.5. The zero-order valence-corrected chi connectivity index (χ0v) is 78.6. The van der Waals surface area contributed by atoms with Gasteiger partial charge in [-0.1, -0.05) is 61.8 Å². The van der Waals surface area contributed by atoms with Gasteiger partial charge in [0.15, 0.2) is 22.8 Å². The summed E-state index contributed by atoms with van der Waals surface area (Å²) in [4.78, 5) is 240. The van der Waals surface area contributed by atoms with Crippen molar-refractivity contribution in [2.75, 3.05) is 52.3 Å². The number of nitrogens with one attached hydrogen (secondary N) is 6. The summed E-state index contributed by atoms with van der Waals surface area (Å²) in [6, 6.07) is 6.97. The van der Waals surface area contributed by atoms with Crippen LogP contribution in [0.4, 0.5) is 8.78 Å². The minimum absolute atomic E-state index is 0. The summed E-state index contributed by atoms with van der Waals surface area (Å²) in [6.07, 6.45) is 9.60. The summed E-state index contributed by atoms with van der Waals surface area (Å²) in [5.74, 6) is -11.0. The van der Waals surface area contributed by atoms with Crippen molar-refractivity contribution >= 4 is 140 Å². The van der Waals surface area contributed by atoms with Crippen molar-refractivity contribution in [2.45, 2.75) is 241 Å². The number of amides is 10. The van der Waals surface area contributed by atoms with Crippen molar-refractivity contribution in [3.63, 3.8) is 0 Å². The van der Waals surface area contributed by atoms with Crippen LogP contribution in [0.15, 0.2) is 58.1 Å². The third kappa shape index (κ3) is 24.7. The van der Waals surface area contributed by atoms with Gasteiger partial charge in [0.2, 0.25) is 47.3 Å². The van der Waals surface area contributed by atoms with Crippen LogP contribution in [0.25, 0.3) is 44.6 Å². The molecule has 1 fully saturated rings. The molecule has 0 saturated carbocycles. The highest BCUT2D eigenvalue weighted by Crippen LogP contribution is 2.44. The fraction of sp³-hybridized carbons (Fsp3) is 0.516. The number of fused-ring (bicyclic) bond motifs is 10. The van der Waals surface area contributed by atoms with Crippen LogP contribution in [0.3, 0.4) is 0 Å². The lowest BCUT2D eigenvalue weighted by atomic mass is 9.86. The van der Waals surface area contributed by atoms with Crippen LogP contribution < -0.4 is 43.0 Å². The van der Waals surface area contributed by atoms with E-state index in [1.54, 1.807) is 78.3 Å². The average molecular weight is 1910 g/mol. The Balaban J connectivity index is 0.000000295. The number of ether oxygens (including phenoxy) is 4. The van der Waals surface area contributed by atoms with E-state index in [-0.39, 0.29) is 198 Å². The topological polar surface area (TPSA) is 499 Å². The van der Waals surface area contributed by atoms with Crippen molar-refractivity contribution in [1.29, 1.82) is 0 Å². The van der Waals surface area contributed by atoms with Crippen LogP contribution >= 0.6 is 24.4 Å². The molecule has 6 aliphatic rings. The minimum Gasteiger partial charge on any atom is -0.458 e. The van der Waals surface area contributed by atoms with Crippen molar-refractivity contribution in [2.24, 2.45) is 23.7 Å². The van der Waals surface area contributed by atoms with E-state index in [0.717, 1.165) is 4.90 Å². The third-order valence-electron chi connectivity index (χ3n) is 24.9. The van der Waals surface area contributed by atoms with Gasteiger partial charge in [0, 0.05) is 152 Å². The van der Waals surface area contributed by atoms with Crippen LogP contribution in [0.2, 0.25) is 0 Å². The molecule has 0 spiro atoms. The Morgan fingerprint density at radius 2 is 0.919 bits per heavy atom. The number of imide groups is 2. The van der Waals surface area contributed by atoms with Crippen LogP contribution in [0, 0.1) is 49.2 Å². The van der Waals surface area contributed by atoms with E-state index in [2.05, 4.69) is 44.5 Å². The van der Waals surface area contributed by atoms with Crippen molar-refractivity contribution in [1.82, 2.24) is 60.8 Å². The van der Waals surface area contributed by atoms with E-state index >= 15 is 0 Å². The van der Waals surface area contributed by atoms with E-state index < -0.39 is 142 Å². The highest BCUT2D eigenvalue weighted by atomic mass is 32.2. The van der Waals surface area contributed by atoms with Gasteiger partial charge < -0.3 is 70.2 Å². The standard InChI is InChI=1S/C47H57FN6O12S.C46H53FN6O12.CH4S.CH4/c1-7-47(64)33-16-36-41-31(20-54(36)44(61)32(33)21-66-46(47)63)30(29-14-24(2)34(48)17-35(29)52-41)19-49-39(57)22-65-23-50-42(59)26(4)15-37(56)27(5)51-43(60)25(3)13-28(55)11-9-8-10-12-53-40(58)18-38(67-6)45(53)62;1-6-46(63)33-17-36-41-31(20-53(36)44(61)32(33)21-65-45(46)62)30(29-15-24(2)34(47)18-35(29)51-41)19-48-38(56)22-64-23-49-42(59)26(4)16-37(55)27(5)50-43(60)25(3)14-28(54)10-8-7-9-13-52-39(57)11-12-40(52)58;1-2;/h14,16-17,25-27,38,64H,7-13,15,18-23H2,1-6H3,(H,49,57)(H,50,59)(H,51,60);11-12,15,17-18,25-27,63H,6-10,13-14,16,19-23H2,1-5H3,(H,48,56)(H,49,59)(H,50,60);2H,1H3;1H4/t25-,26-,27+,38?,47+;25-,26-,27+,46+;;/m11../s1. The molecule has 1 unspecified atom stereocenters. The molecule has 36 nitrogen and oxygen atoms in total. The van der Waals surface area contributed by atoms with E-state index in [0.29, 0.717) is 112 Å². The normalized spacial score (nSPS) is 17.8. The van der Waals surface area contributed by atoms with Gasteiger partial charge in [0.05, 0.1) is 75.4 Å². The van der Waals surface area contributed by atoms with Crippen molar-refractivity contribution in [3.8, 4) is 22.8 Å². The van der Waals surface area contributed by atoms with Crippen LogP contribution in [-0.4, -0.2) is 203 Å². The Labute approximate surface area is 787 Å². The summed E-state index contributed by atoms with van der Waals surface area (Å²) in [5, 5.41) is 39.1. The lowest BCUT2D eigenvalue weighted by molar-refractivity contribution is -0.172. The number of unbranched alkanes of at least 4 members (excludes halogenated alkanes) is 4. The number of carbonyl (C=O) groups is 16. The Morgan fingerprint density at radius 1 is 0.533 bits per heavy atom. The van der Waals surface area contributed by atoms with E-state index in [9.17, 15) is 105 Å². The lowest BCUT2D eigenvalue weighted by Gasteiger charge is -2.31. The number of halogens is 2. The zero-order chi connectivity index (χ0) is 98.2. The van der Waals surface area contributed by atoms with Gasteiger partial charge >= 0.3 is 11.9 Å². The second-order valence-corrected chi connectivity index (χ2v) is 35.4. The molecule has 10 heterocycles. The second kappa shape index (κ2) is 47.0. The second-order valence-electron chi connectivity index (χ2n) is 34.4. The van der Waals surface area contributed by atoms with Crippen molar-refractivity contribution in [3.05, 3.63) is 137 Å². The molecule has 728 valence electrons. The number of hydrogen-bond donors (Lipinski definition) is 9. The van der Waals surface area contributed by atoms with E-state index in [1.807, 2.05) is 0 Å². The number of rotatable bonds is 43. The first-order valence-corrected chi connectivity index (χ1v) is 46.7. The number of thiol groups is 1. The number of carbonyl (C=O) groups excluding carboxylic acids is 16. The number of hydrogen-bond acceptors (Lipinski definition) is 28. The molecule has 8 N–H and O–H groups in total. The molecule has 0 radical (unpaired) electrons. The van der Waals surface area contributed by atoms with Gasteiger partial charge in [-0.3, -0.25) is 86.5 Å². The summed E-state index contributed by atoms with van der Waals surface area (Å²) < 4.78 is 53.7. The minimum atomic E-state index is -2.04. The first kappa shape index (κ1) is 107. The molecule has 4 aromatic heterocycles. The highest BCUT2D eigenvalue weighted by Gasteiger charge is 2.48. The molecular formula is C95H118F2N12O24S2. The number of esters is 2. The van der Waals surface area contributed by atoms with Crippen LogP contribution in [0.5, 0.6) is 0 Å². The molecule has 12 rings (SSSR count).